The van der Waals surface area contributed by atoms with Gasteiger partial charge in [-0.2, -0.15) is 0 Å². The molecule has 0 aliphatic heterocycles. The van der Waals surface area contributed by atoms with Crippen LogP contribution in [0.5, 0.6) is 5.75 Å². The molecule has 0 saturated heterocycles. The molecule has 0 aromatic heterocycles. The van der Waals surface area contributed by atoms with E-state index in [-0.39, 0.29) is 11.9 Å². The monoisotopic (exact) mass is 268 g/mol. The summed E-state index contributed by atoms with van der Waals surface area (Å²) < 4.78 is 19.3. The minimum atomic E-state index is -0.237. The number of hydrogen-bond acceptors (Lipinski definition) is 3. The average Bonchev–Trinajstić information content (AvgIpc) is 2.38. The van der Waals surface area contributed by atoms with Gasteiger partial charge in [-0.25, -0.2) is 4.39 Å². The van der Waals surface area contributed by atoms with E-state index in [0.717, 1.165) is 25.2 Å². The third kappa shape index (κ3) is 4.48. The highest BCUT2D eigenvalue weighted by molar-refractivity contribution is 5.39. The summed E-state index contributed by atoms with van der Waals surface area (Å²) in [5.41, 5.74) is 7.17. The number of rotatable bonds is 7. The number of hydrogen-bond donors (Lipinski definition) is 1. The van der Waals surface area contributed by atoms with Gasteiger partial charge in [0.15, 0.2) is 0 Å². The van der Waals surface area contributed by atoms with Crippen molar-refractivity contribution in [2.24, 2.45) is 5.73 Å². The normalized spacial score (nSPS) is 12.8. The summed E-state index contributed by atoms with van der Waals surface area (Å²) in [5, 5.41) is 0. The second kappa shape index (κ2) is 7.46. The number of aryl methyl sites for hydroxylation is 1. The molecule has 4 heteroatoms. The Morgan fingerprint density at radius 3 is 2.47 bits per heavy atom. The second-order valence-corrected chi connectivity index (χ2v) is 4.80. The Morgan fingerprint density at radius 2 is 1.95 bits per heavy atom. The van der Waals surface area contributed by atoms with Gasteiger partial charge >= 0.3 is 0 Å². The summed E-state index contributed by atoms with van der Waals surface area (Å²) in [5.74, 6) is 0.462. The van der Waals surface area contributed by atoms with Crippen LogP contribution < -0.4 is 10.5 Å². The van der Waals surface area contributed by atoms with Crippen LogP contribution in [-0.2, 0) is 0 Å². The fraction of sp³-hybridized carbons (Fsp3) is 0.600. The van der Waals surface area contributed by atoms with Crippen molar-refractivity contribution in [2.45, 2.75) is 33.7 Å². The molecule has 19 heavy (non-hydrogen) atoms. The maximum absolute atomic E-state index is 13.6. The van der Waals surface area contributed by atoms with Gasteiger partial charge in [-0.1, -0.05) is 13.8 Å². The van der Waals surface area contributed by atoms with E-state index in [1.807, 2.05) is 6.92 Å². The summed E-state index contributed by atoms with van der Waals surface area (Å²) >= 11 is 0. The van der Waals surface area contributed by atoms with Gasteiger partial charge in [0.2, 0.25) is 0 Å². The van der Waals surface area contributed by atoms with Crippen LogP contribution in [0.2, 0.25) is 0 Å². The topological polar surface area (TPSA) is 38.5 Å². The first-order valence-corrected chi connectivity index (χ1v) is 6.90. The Labute approximate surface area is 115 Å². The molecule has 1 aromatic carbocycles. The molecule has 0 fully saturated rings. The van der Waals surface area contributed by atoms with Gasteiger partial charge in [0.1, 0.15) is 18.2 Å². The summed E-state index contributed by atoms with van der Waals surface area (Å²) in [6, 6.07) is 2.97. The van der Waals surface area contributed by atoms with Gasteiger partial charge in [-0.3, -0.25) is 0 Å². The molecule has 108 valence electrons. The van der Waals surface area contributed by atoms with Crippen LogP contribution in [-0.4, -0.2) is 31.1 Å². The van der Waals surface area contributed by atoms with Crippen LogP contribution in [0.4, 0.5) is 4.39 Å². The van der Waals surface area contributed by atoms with E-state index in [2.05, 4.69) is 18.7 Å². The lowest BCUT2D eigenvalue weighted by molar-refractivity contribution is 0.221. The van der Waals surface area contributed by atoms with Crippen molar-refractivity contribution in [1.82, 2.24) is 4.90 Å². The molecule has 1 rings (SSSR count). The van der Waals surface area contributed by atoms with Gasteiger partial charge in [-0.05, 0) is 44.6 Å². The lowest BCUT2D eigenvalue weighted by Gasteiger charge is -2.20. The van der Waals surface area contributed by atoms with Gasteiger partial charge in [0.25, 0.3) is 0 Å². The second-order valence-electron chi connectivity index (χ2n) is 4.80. The fourth-order valence-corrected chi connectivity index (χ4v) is 1.98. The number of nitrogens with two attached hydrogens (primary N) is 1. The Balaban J connectivity index is 2.74. The fourth-order valence-electron chi connectivity index (χ4n) is 1.98. The zero-order valence-electron chi connectivity index (χ0n) is 12.4. The largest absolute Gasteiger partial charge is 0.492 e. The Bertz CT molecular complexity index is 403. The van der Waals surface area contributed by atoms with Crippen molar-refractivity contribution in [2.75, 3.05) is 26.2 Å². The summed E-state index contributed by atoms with van der Waals surface area (Å²) in [7, 11) is 0. The molecular formula is C15H25FN2O. The predicted molar refractivity (Wildman–Crippen MR) is 77.0 cm³/mol. The average molecular weight is 268 g/mol. The van der Waals surface area contributed by atoms with E-state index < -0.39 is 0 Å². The van der Waals surface area contributed by atoms with E-state index in [1.165, 1.54) is 6.07 Å². The van der Waals surface area contributed by atoms with Crippen molar-refractivity contribution in [3.05, 3.63) is 29.1 Å². The van der Waals surface area contributed by atoms with Crippen LogP contribution in [0.1, 0.15) is 37.9 Å². The van der Waals surface area contributed by atoms with E-state index >= 15 is 0 Å². The maximum atomic E-state index is 13.6. The van der Waals surface area contributed by atoms with Crippen LogP contribution in [0.25, 0.3) is 0 Å². The van der Waals surface area contributed by atoms with Gasteiger partial charge in [-0.15, -0.1) is 0 Å². The molecule has 0 radical (unpaired) electrons. The Kier molecular flexibility index (Phi) is 6.25. The Hall–Kier alpha value is -1.13. The first kappa shape index (κ1) is 15.9. The molecule has 0 spiro atoms. The predicted octanol–water partition coefficient (Wildman–Crippen LogP) is 2.87. The lowest BCUT2D eigenvalue weighted by Crippen LogP contribution is -2.28. The van der Waals surface area contributed by atoms with E-state index in [4.69, 9.17) is 10.5 Å². The Morgan fingerprint density at radius 1 is 1.32 bits per heavy atom. The molecule has 0 bridgehead atoms. The van der Waals surface area contributed by atoms with Gasteiger partial charge in [0.05, 0.1) is 0 Å². The van der Waals surface area contributed by atoms with Crippen molar-refractivity contribution in [1.29, 1.82) is 0 Å². The van der Waals surface area contributed by atoms with Crippen LogP contribution in [0.15, 0.2) is 12.1 Å². The molecule has 0 aliphatic rings. The van der Waals surface area contributed by atoms with Crippen molar-refractivity contribution < 1.29 is 9.13 Å². The first-order chi connectivity index (χ1) is 8.99. The SMILES string of the molecule is CCN(CC)CCOc1cc(C)c(F)cc1[C@@H](C)N. The van der Waals surface area contributed by atoms with E-state index in [0.29, 0.717) is 17.9 Å². The van der Waals surface area contributed by atoms with Crippen molar-refractivity contribution in [3.8, 4) is 5.75 Å². The van der Waals surface area contributed by atoms with Crippen molar-refractivity contribution >= 4 is 0 Å². The highest BCUT2D eigenvalue weighted by Gasteiger charge is 2.12. The zero-order chi connectivity index (χ0) is 14.4. The summed E-state index contributed by atoms with van der Waals surface area (Å²) in [6.45, 7) is 11.3. The number of halogens is 1. The van der Waals surface area contributed by atoms with Crippen LogP contribution >= 0.6 is 0 Å². The third-order valence-electron chi connectivity index (χ3n) is 3.34. The zero-order valence-corrected chi connectivity index (χ0v) is 12.4. The molecule has 0 aliphatic carbocycles. The first-order valence-electron chi connectivity index (χ1n) is 6.90. The molecule has 0 saturated carbocycles. The van der Waals surface area contributed by atoms with Crippen LogP contribution in [0.3, 0.4) is 0 Å². The number of nitrogens with zero attached hydrogens (tertiary/aromatic N) is 1. The van der Waals surface area contributed by atoms with E-state index in [1.54, 1.807) is 13.0 Å². The lowest BCUT2D eigenvalue weighted by atomic mass is 10.1. The maximum Gasteiger partial charge on any atom is 0.126 e. The third-order valence-corrected chi connectivity index (χ3v) is 3.34. The minimum absolute atomic E-state index is 0.233. The number of likely N-dealkylation sites (N-methyl/N-ethyl adjacent to an activating group) is 1. The summed E-state index contributed by atoms with van der Waals surface area (Å²) in [4.78, 5) is 2.28. The van der Waals surface area contributed by atoms with Gasteiger partial charge in [0, 0.05) is 18.2 Å². The molecule has 0 amide bonds. The molecule has 1 atom stereocenters. The van der Waals surface area contributed by atoms with Gasteiger partial charge < -0.3 is 15.4 Å². The highest BCUT2D eigenvalue weighted by Crippen LogP contribution is 2.27. The molecule has 3 nitrogen and oxygen atoms in total. The van der Waals surface area contributed by atoms with E-state index in [9.17, 15) is 4.39 Å². The quantitative estimate of drug-likeness (QED) is 0.826. The molecule has 0 heterocycles. The standard InChI is InChI=1S/C15H25FN2O/c1-5-18(6-2)7-8-19-15-9-11(3)14(16)10-13(15)12(4)17/h9-10,12H,5-8,17H2,1-4H3/t12-/m1/s1. The van der Waals surface area contributed by atoms with Crippen LogP contribution in [0, 0.1) is 12.7 Å². The summed E-state index contributed by atoms with van der Waals surface area (Å²) in [6.07, 6.45) is 0. The molecule has 0 unspecified atom stereocenters. The number of ether oxygens (including phenoxy) is 1. The number of benzene rings is 1. The minimum Gasteiger partial charge on any atom is -0.492 e. The molecule has 1 aromatic rings. The smallest absolute Gasteiger partial charge is 0.126 e. The molecule has 2 N–H and O–H groups in total. The van der Waals surface area contributed by atoms with Crippen molar-refractivity contribution in [3.63, 3.8) is 0 Å². The highest BCUT2D eigenvalue weighted by atomic mass is 19.1. The molecular weight excluding hydrogens is 243 g/mol.